The van der Waals surface area contributed by atoms with Gasteiger partial charge in [-0.05, 0) is 18.0 Å². The molecule has 0 aromatic carbocycles. The predicted molar refractivity (Wildman–Crippen MR) is 74.7 cm³/mol. The molecule has 1 fully saturated rings. The average molecular weight is 333 g/mol. The van der Waals surface area contributed by atoms with Gasteiger partial charge in [0.05, 0.1) is 0 Å². The summed E-state index contributed by atoms with van der Waals surface area (Å²) < 4.78 is 29.9. The van der Waals surface area contributed by atoms with Crippen LogP contribution in [0.4, 0.5) is 0 Å². The summed E-state index contributed by atoms with van der Waals surface area (Å²) in [5.74, 6) is -1.47. The summed E-state index contributed by atoms with van der Waals surface area (Å²) in [6.07, 6.45) is 0.513. The average Bonchev–Trinajstić information content (AvgIpc) is 2.76. The fourth-order valence-electron chi connectivity index (χ4n) is 2.14. The molecule has 0 aliphatic carbocycles. The van der Waals surface area contributed by atoms with Gasteiger partial charge >= 0.3 is 5.97 Å². The van der Waals surface area contributed by atoms with E-state index in [0.717, 1.165) is 11.5 Å². The van der Waals surface area contributed by atoms with Crippen LogP contribution < -0.4 is 0 Å². The van der Waals surface area contributed by atoms with E-state index >= 15 is 0 Å². The summed E-state index contributed by atoms with van der Waals surface area (Å²) in [7, 11) is -3.90. The number of hydrogen-bond donors (Lipinski definition) is 1. The normalized spacial score (nSPS) is 17.5. The van der Waals surface area contributed by atoms with Gasteiger partial charge in [0.1, 0.15) is 4.90 Å². The summed E-state index contributed by atoms with van der Waals surface area (Å²) in [4.78, 5) is 23.7. The van der Waals surface area contributed by atoms with Crippen molar-refractivity contribution >= 4 is 33.4 Å². The number of carboxylic acids is 1. The first-order chi connectivity index (χ1) is 9.84. The molecule has 1 aliphatic rings. The summed E-state index contributed by atoms with van der Waals surface area (Å²) in [5, 5.41) is 10.2. The number of carboxylic acid groups (broad SMARTS) is 1. The first-order valence-electron chi connectivity index (χ1n) is 6.27. The molecule has 1 aliphatic heterocycles. The number of rotatable bonds is 3. The van der Waals surface area contributed by atoms with Gasteiger partial charge in [0, 0.05) is 38.5 Å². The van der Waals surface area contributed by atoms with Crippen LogP contribution in [0.15, 0.2) is 10.3 Å². The Morgan fingerprint density at radius 1 is 1.29 bits per heavy atom. The molecule has 0 unspecified atom stereocenters. The minimum absolute atomic E-state index is 0.0994. The molecule has 1 saturated heterocycles. The molecule has 0 atom stereocenters. The van der Waals surface area contributed by atoms with Gasteiger partial charge in [0.25, 0.3) is 0 Å². The van der Waals surface area contributed by atoms with E-state index in [9.17, 15) is 18.0 Å². The highest BCUT2D eigenvalue weighted by atomic mass is 32.2. The monoisotopic (exact) mass is 333 g/mol. The second-order valence-corrected chi connectivity index (χ2v) is 7.13. The molecule has 10 heteroatoms. The number of nitrogens with zero attached hydrogens (tertiary/aromatic N) is 3. The molecule has 0 spiro atoms. The third-order valence-electron chi connectivity index (χ3n) is 3.26. The Balaban J connectivity index is 2.26. The van der Waals surface area contributed by atoms with Crippen molar-refractivity contribution < 1.29 is 23.1 Å². The van der Waals surface area contributed by atoms with Gasteiger partial charge in [-0.2, -0.15) is 8.68 Å². The van der Waals surface area contributed by atoms with Crippen molar-refractivity contribution in [1.82, 2.24) is 13.6 Å². The summed E-state index contributed by atoms with van der Waals surface area (Å²) >= 11 is 0.795. The molecule has 1 aromatic rings. The third-order valence-corrected chi connectivity index (χ3v) is 5.95. The van der Waals surface area contributed by atoms with Crippen molar-refractivity contribution in [2.45, 2.75) is 18.2 Å². The lowest BCUT2D eigenvalue weighted by molar-refractivity contribution is -0.128. The molecule has 1 N–H and O–H groups in total. The molecular weight excluding hydrogens is 318 g/mol. The predicted octanol–water partition coefficient (Wildman–Crippen LogP) is 0.0842. The molecule has 0 radical (unpaired) electrons. The van der Waals surface area contributed by atoms with E-state index in [-0.39, 0.29) is 23.9 Å². The number of carbonyl (C=O) groups excluding carboxylic acids is 1. The van der Waals surface area contributed by atoms with Gasteiger partial charge in [0.2, 0.25) is 15.9 Å². The number of sulfonamides is 1. The van der Waals surface area contributed by atoms with E-state index in [1.165, 1.54) is 16.6 Å². The van der Waals surface area contributed by atoms with Crippen LogP contribution in [-0.4, -0.2) is 65.2 Å². The second kappa shape index (κ2) is 6.08. The lowest BCUT2D eigenvalue weighted by Crippen LogP contribution is -2.36. The number of carbonyl (C=O) groups is 2. The molecule has 2 rings (SSSR count). The molecule has 1 amide bonds. The SMILES string of the molecule is CC(=O)N1CCCN(S(=O)(=O)c2csnc2C(=O)O)CC1. The number of aromatic carboxylic acids is 1. The van der Waals surface area contributed by atoms with E-state index in [0.29, 0.717) is 19.5 Å². The molecule has 2 heterocycles. The highest BCUT2D eigenvalue weighted by Gasteiger charge is 2.32. The van der Waals surface area contributed by atoms with Crippen LogP contribution in [0, 0.1) is 0 Å². The van der Waals surface area contributed by atoms with Gasteiger partial charge in [-0.15, -0.1) is 0 Å². The Kier molecular flexibility index (Phi) is 4.59. The Bertz CT molecular complexity index is 655. The molecule has 21 heavy (non-hydrogen) atoms. The maximum atomic E-state index is 12.5. The molecule has 1 aromatic heterocycles. The van der Waals surface area contributed by atoms with Crippen molar-refractivity contribution in [2.75, 3.05) is 26.2 Å². The van der Waals surface area contributed by atoms with E-state index in [2.05, 4.69) is 4.37 Å². The first-order valence-corrected chi connectivity index (χ1v) is 8.55. The molecule has 0 bridgehead atoms. The van der Waals surface area contributed by atoms with Crippen molar-refractivity contribution in [3.8, 4) is 0 Å². The van der Waals surface area contributed by atoms with E-state index in [1.54, 1.807) is 4.90 Å². The molecule has 8 nitrogen and oxygen atoms in total. The van der Waals surface area contributed by atoms with Gasteiger partial charge < -0.3 is 10.0 Å². The highest BCUT2D eigenvalue weighted by Crippen LogP contribution is 2.22. The zero-order chi connectivity index (χ0) is 15.6. The smallest absolute Gasteiger partial charge is 0.357 e. The lowest BCUT2D eigenvalue weighted by Gasteiger charge is -2.20. The molecule has 0 saturated carbocycles. The highest BCUT2D eigenvalue weighted by molar-refractivity contribution is 7.89. The van der Waals surface area contributed by atoms with Crippen molar-refractivity contribution in [1.29, 1.82) is 0 Å². The van der Waals surface area contributed by atoms with Crippen LogP contribution >= 0.6 is 11.5 Å². The Morgan fingerprint density at radius 3 is 2.62 bits per heavy atom. The Labute approximate surface area is 126 Å². The van der Waals surface area contributed by atoms with Gasteiger partial charge in [-0.25, -0.2) is 13.2 Å². The summed E-state index contributed by atoms with van der Waals surface area (Å²) in [6, 6.07) is 0. The van der Waals surface area contributed by atoms with Crippen LogP contribution in [0.2, 0.25) is 0 Å². The molecular formula is C11H15N3O5S2. The van der Waals surface area contributed by atoms with Crippen LogP contribution in [0.5, 0.6) is 0 Å². The number of amides is 1. The maximum Gasteiger partial charge on any atom is 0.357 e. The topological polar surface area (TPSA) is 108 Å². The van der Waals surface area contributed by atoms with Crippen LogP contribution in [0.3, 0.4) is 0 Å². The summed E-state index contributed by atoms with van der Waals surface area (Å²) in [5.41, 5.74) is -0.451. The van der Waals surface area contributed by atoms with E-state index in [4.69, 9.17) is 5.11 Å². The number of hydrogen-bond acceptors (Lipinski definition) is 6. The Hall–Kier alpha value is -1.52. The minimum Gasteiger partial charge on any atom is -0.476 e. The van der Waals surface area contributed by atoms with Crippen LogP contribution in [-0.2, 0) is 14.8 Å². The standard InChI is InChI=1S/C11H15N3O5S2/c1-8(15)13-3-2-4-14(6-5-13)21(18,19)9-7-20-12-10(9)11(16)17/h7H,2-6H2,1H3,(H,16,17). The first kappa shape index (κ1) is 15.9. The van der Waals surface area contributed by atoms with Crippen LogP contribution in [0.1, 0.15) is 23.8 Å². The van der Waals surface area contributed by atoms with Crippen LogP contribution in [0.25, 0.3) is 0 Å². The summed E-state index contributed by atoms with van der Waals surface area (Å²) in [6.45, 7) is 2.64. The van der Waals surface area contributed by atoms with E-state index < -0.39 is 21.7 Å². The second-order valence-electron chi connectivity index (χ2n) is 4.60. The van der Waals surface area contributed by atoms with Gasteiger partial charge in [0.15, 0.2) is 5.69 Å². The van der Waals surface area contributed by atoms with Crippen molar-refractivity contribution in [3.05, 3.63) is 11.1 Å². The van der Waals surface area contributed by atoms with E-state index in [1.807, 2.05) is 0 Å². The minimum atomic E-state index is -3.90. The van der Waals surface area contributed by atoms with Gasteiger partial charge in [-0.3, -0.25) is 4.79 Å². The quantitative estimate of drug-likeness (QED) is 0.839. The Morgan fingerprint density at radius 2 is 2.00 bits per heavy atom. The zero-order valence-electron chi connectivity index (χ0n) is 11.4. The third kappa shape index (κ3) is 3.22. The fourth-order valence-corrected chi connectivity index (χ4v) is 4.71. The van der Waals surface area contributed by atoms with Crippen molar-refractivity contribution in [2.24, 2.45) is 0 Å². The number of aromatic nitrogens is 1. The molecule has 116 valence electrons. The fraction of sp³-hybridized carbons (Fsp3) is 0.545. The zero-order valence-corrected chi connectivity index (χ0v) is 13.0. The lowest BCUT2D eigenvalue weighted by atomic mass is 10.4. The largest absolute Gasteiger partial charge is 0.476 e. The van der Waals surface area contributed by atoms with Gasteiger partial charge in [-0.1, -0.05) is 0 Å². The maximum absolute atomic E-state index is 12.5. The van der Waals surface area contributed by atoms with Crippen molar-refractivity contribution in [3.63, 3.8) is 0 Å².